The van der Waals surface area contributed by atoms with Crippen molar-refractivity contribution in [3.05, 3.63) is 126 Å². The van der Waals surface area contributed by atoms with Gasteiger partial charge in [0.2, 0.25) is 10.0 Å². The molecule has 0 saturated carbocycles. The Labute approximate surface area is 183 Å². The van der Waals surface area contributed by atoms with Crippen molar-refractivity contribution in [1.82, 2.24) is 4.72 Å². The minimum atomic E-state index is -3.76. The lowest BCUT2D eigenvalue weighted by Gasteiger charge is -2.20. The van der Waals surface area contributed by atoms with Crippen molar-refractivity contribution in [1.29, 1.82) is 0 Å². The van der Waals surface area contributed by atoms with Gasteiger partial charge in [-0.05, 0) is 54.4 Å². The molecule has 0 spiro atoms. The van der Waals surface area contributed by atoms with E-state index in [9.17, 15) is 8.42 Å². The summed E-state index contributed by atoms with van der Waals surface area (Å²) < 4.78 is 35.0. The van der Waals surface area contributed by atoms with Crippen LogP contribution in [0.1, 0.15) is 22.7 Å². The summed E-state index contributed by atoms with van der Waals surface area (Å²) in [6.45, 7) is 2.00. The molecule has 1 N–H and O–H groups in total. The van der Waals surface area contributed by atoms with Crippen molar-refractivity contribution in [3.63, 3.8) is 0 Å². The summed E-state index contributed by atoms with van der Waals surface area (Å²) in [4.78, 5) is 0.181. The third-order valence-corrected chi connectivity index (χ3v) is 6.37. The van der Waals surface area contributed by atoms with E-state index in [1.807, 2.05) is 91.9 Å². The second-order valence-electron chi connectivity index (χ2n) is 7.26. The summed E-state index contributed by atoms with van der Waals surface area (Å²) in [6, 6.07) is 32.7. The minimum absolute atomic E-state index is 0.181. The Kier molecular flexibility index (Phi) is 6.16. The summed E-state index contributed by atoms with van der Waals surface area (Å²) in [5.41, 5.74) is 2.87. The second-order valence-corrected chi connectivity index (χ2v) is 8.98. The summed E-state index contributed by atoms with van der Waals surface area (Å²) >= 11 is 0. The molecule has 0 aliphatic rings. The molecule has 4 aromatic carbocycles. The molecular weight excluding hydrogens is 406 g/mol. The molecule has 0 aliphatic heterocycles. The fraction of sp³-hybridized carbons (Fsp3) is 0.0769. The van der Waals surface area contributed by atoms with Crippen LogP contribution in [0.15, 0.2) is 114 Å². The zero-order valence-electron chi connectivity index (χ0n) is 17.1. The molecule has 0 bridgehead atoms. The number of rotatable bonds is 7. The molecule has 0 aromatic heterocycles. The molecule has 156 valence electrons. The lowest BCUT2D eigenvalue weighted by Crippen LogP contribution is -2.29. The van der Waals surface area contributed by atoms with Crippen molar-refractivity contribution in [3.8, 4) is 11.5 Å². The van der Waals surface area contributed by atoms with Crippen LogP contribution in [-0.2, 0) is 10.0 Å². The van der Waals surface area contributed by atoms with Gasteiger partial charge in [-0.3, -0.25) is 0 Å². The van der Waals surface area contributed by atoms with Crippen molar-refractivity contribution >= 4 is 10.0 Å². The highest BCUT2D eigenvalue weighted by molar-refractivity contribution is 7.89. The van der Waals surface area contributed by atoms with Crippen molar-refractivity contribution in [2.24, 2.45) is 0 Å². The first-order chi connectivity index (χ1) is 15.0. The molecule has 0 unspecified atom stereocenters. The van der Waals surface area contributed by atoms with Crippen LogP contribution in [0.4, 0.5) is 0 Å². The average Bonchev–Trinajstić information content (AvgIpc) is 2.80. The SMILES string of the molecule is Cc1ccc([C@@H](NS(=O)(=O)c2ccc(Oc3ccccc3)cc2)c2ccccc2)cc1. The van der Waals surface area contributed by atoms with Gasteiger partial charge >= 0.3 is 0 Å². The van der Waals surface area contributed by atoms with Crippen LogP contribution < -0.4 is 9.46 Å². The normalized spacial score (nSPS) is 12.3. The van der Waals surface area contributed by atoms with E-state index in [-0.39, 0.29) is 4.90 Å². The molecule has 4 rings (SSSR count). The maximum atomic E-state index is 13.2. The van der Waals surface area contributed by atoms with E-state index in [1.54, 1.807) is 24.3 Å². The number of ether oxygens (including phenoxy) is 1. The molecule has 0 heterocycles. The van der Waals surface area contributed by atoms with E-state index < -0.39 is 16.1 Å². The van der Waals surface area contributed by atoms with E-state index in [1.165, 1.54) is 0 Å². The highest BCUT2D eigenvalue weighted by Gasteiger charge is 2.23. The maximum Gasteiger partial charge on any atom is 0.241 e. The summed E-state index contributed by atoms with van der Waals surface area (Å²) in [5, 5.41) is 0. The number of hydrogen-bond acceptors (Lipinski definition) is 3. The first-order valence-electron chi connectivity index (χ1n) is 9.98. The van der Waals surface area contributed by atoms with E-state index in [0.29, 0.717) is 11.5 Å². The first-order valence-corrected chi connectivity index (χ1v) is 11.5. The maximum absolute atomic E-state index is 13.2. The predicted octanol–water partition coefficient (Wildman–Crippen LogP) is 5.86. The summed E-state index contributed by atoms with van der Waals surface area (Å²) in [5.74, 6) is 1.27. The molecule has 1 atom stereocenters. The third-order valence-electron chi connectivity index (χ3n) is 4.93. The van der Waals surface area contributed by atoms with Gasteiger partial charge in [0.05, 0.1) is 10.9 Å². The van der Waals surface area contributed by atoms with Gasteiger partial charge in [-0.25, -0.2) is 8.42 Å². The first kappa shape index (κ1) is 20.8. The van der Waals surface area contributed by atoms with Gasteiger partial charge in [-0.1, -0.05) is 78.4 Å². The van der Waals surface area contributed by atoms with Gasteiger partial charge in [0.1, 0.15) is 11.5 Å². The highest BCUT2D eigenvalue weighted by Crippen LogP contribution is 2.27. The van der Waals surface area contributed by atoms with Gasteiger partial charge < -0.3 is 4.74 Å². The zero-order chi connectivity index (χ0) is 21.7. The molecule has 5 heteroatoms. The van der Waals surface area contributed by atoms with Crippen LogP contribution in [0.3, 0.4) is 0 Å². The standard InChI is InChI=1S/C26H23NO3S/c1-20-12-14-22(15-13-20)26(21-8-4-2-5-9-21)27-31(28,29)25-18-16-24(17-19-25)30-23-10-6-3-7-11-23/h2-19,26-27H,1H3/t26-/m0/s1. The van der Waals surface area contributed by atoms with Crippen molar-refractivity contribution in [2.75, 3.05) is 0 Å². The smallest absolute Gasteiger partial charge is 0.241 e. The molecule has 0 aliphatic carbocycles. The number of para-hydroxylation sites is 1. The lowest BCUT2D eigenvalue weighted by atomic mass is 9.99. The number of sulfonamides is 1. The van der Waals surface area contributed by atoms with Crippen molar-refractivity contribution < 1.29 is 13.2 Å². The Morgan fingerprint density at radius 1 is 0.645 bits per heavy atom. The van der Waals surface area contributed by atoms with Gasteiger partial charge in [-0.2, -0.15) is 4.72 Å². The zero-order valence-corrected chi connectivity index (χ0v) is 17.9. The van der Waals surface area contributed by atoms with Crippen LogP contribution >= 0.6 is 0 Å². The van der Waals surface area contributed by atoms with Crippen LogP contribution in [0.5, 0.6) is 11.5 Å². The van der Waals surface area contributed by atoms with Crippen LogP contribution in [0.2, 0.25) is 0 Å². The number of benzene rings is 4. The number of hydrogen-bond donors (Lipinski definition) is 1. The quantitative estimate of drug-likeness (QED) is 0.401. The summed E-state index contributed by atoms with van der Waals surface area (Å²) in [7, 11) is -3.76. The third kappa shape index (κ3) is 5.20. The van der Waals surface area contributed by atoms with Crippen LogP contribution in [0, 0.1) is 6.92 Å². The topological polar surface area (TPSA) is 55.4 Å². The Balaban J connectivity index is 1.59. The van der Waals surface area contributed by atoms with Gasteiger partial charge in [-0.15, -0.1) is 0 Å². The van der Waals surface area contributed by atoms with E-state index in [4.69, 9.17) is 4.74 Å². The molecule has 0 fully saturated rings. The van der Waals surface area contributed by atoms with Gasteiger partial charge in [0, 0.05) is 0 Å². The second kappa shape index (κ2) is 9.16. The highest BCUT2D eigenvalue weighted by atomic mass is 32.2. The molecule has 0 amide bonds. The Morgan fingerprint density at radius 2 is 1.16 bits per heavy atom. The fourth-order valence-electron chi connectivity index (χ4n) is 3.27. The molecular formula is C26H23NO3S. The van der Waals surface area contributed by atoms with Crippen molar-refractivity contribution in [2.45, 2.75) is 17.9 Å². The van der Waals surface area contributed by atoms with E-state index in [2.05, 4.69) is 4.72 Å². The molecule has 4 nitrogen and oxygen atoms in total. The van der Waals surface area contributed by atoms with Crippen LogP contribution in [-0.4, -0.2) is 8.42 Å². The molecule has 0 radical (unpaired) electrons. The average molecular weight is 430 g/mol. The minimum Gasteiger partial charge on any atom is -0.457 e. The Morgan fingerprint density at radius 3 is 1.77 bits per heavy atom. The van der Waals surface area contributed by atoms with E-state index >= 15 is 0 Å². The van der Waals surface area contributed by atoms with E-state index in [0.717, 1.165) is 16.7 Å². The predicted molar refractivity (Wildman–Crippen MR) is 123 cm³/mol. The number of nitrogens with one attached hydrogen (secondary N) is 1. The monoisotopic (exact) mass is 429 g/mol. The Bertz CT molecular complexity index is 1220. The van der Waals surface area contributed by atoms with Crippen LogP contribution in [0.25, 0.3) is 0 Å². The number of aryl methyl sites for hydroxylation is 1. The van der Waals surface area contributed by atoms with Gasteiger partial charge in [0.15, 0.2) is 0 Å². The molecule has 4 aromatic rings. The molecule has 0 saturated heterocycles. The molecule has 31 heavy (non-hydrogen) atoms. The summed E-state index contributed by atoms with van der Waals surface area (Å²) in [6.07, 6.45) is 0. The lowest BCUT2D eigenvalue weighted by molar-refractivity contribution is 0.482. The fourth-order valence-corrected chi connectivity index (χ4v) is 4.48. The Hall–Kier alpha value is -3.41. The van der Waals surface area contributed by atoms with Gasteiger partial charge in [0.25, 0.3) is 0 Å². The largest absolute Gasteiger partial charge is 0.457 e.